The van der Waals surface area contributed by atoms with Crippen molar-refractivity contribution in [3.8, 4) is 0 Å². The summed E-state index contributed by atoms with van der Waals surface area (Å²) >= 11 is 6.16. The van der Waals surface area contributed by atoms with Crippen LogP contribution in [0.2, 0.25) is 5.02 Å². The first-order valence-corrected chi connectivity index (χ1v) is 12.9. The third-order valence-corrected chi connectivity index (χ3v) is 6.40. The number of hydroxylamine groups is 1. The molecule has 0 radical (unpaired) electrons. The van der Waals surface area contributed by atoms with Gasteiger partial charge in [0.1, 0.15) is 0 Å². The average Bonchev–Trinajstić information content (AvgIpc) is 3.75. The molecule has 0 unspecified atom stereocenters. The molecule has 7 nitrogen and oxygen atoms in total. The Balaban J connectivity index is 1.40. The molecule has 0 atom stereocenters. The minimum atomic E-state index is -0.413. The van der Waals surface area contributed by atoms with Gasteiger partial charge in [0.2, 0.25) is 0 Å². The molecule has 0 spiro atoms. The number of benzene rings is 3. The molecule has 0 heterocycles. The van der Waals surface area contributed by atoms with Gasteiger partial charge < -0.3 is 15.9 Å². The van der Waals surface area contributed by atoms with Crippen LogP contribution in [0.5, 0.6) is 0 Å². The molecule has 39 heavy (non-hydrogen) atoms. The van der Waals surface area contributed by atoms with E-state index in [1.165, 1.54) is 6.08 Å². The molecular formula is C31H28ClN3O4. The Morgan fingerprint density at radius 3 is 2.28 bits per heavy atom. The number of hydrogen-bond acceptors (Lipinski definition) is 6. The number of allylic oxidation sites excluding steroid dienone is 1. The van der Waals surface area contributed by atoms with Crippen LogP contribution in [0.15, 0.2) is 78.9 Å². The molecule has 3 aromatic rings. The first kappa shape index (κ1) is 27.9. The molecule has 0 saturated heterocycles. The first-order valence-electron chi connectivity index (χ1n) is 12.5. The molecule has 1 fully saturated rings. The van der Waals surface area contributed by atoms with Crippen molar-refractivity contribution in [2.45, 2.75) is 25.3 Å². The van der Waals surface area contributed by atoms with Crippen molar-refractivity contribution in [2.75, 3.05) is 6.54 Å². The van der Waals surface area contributed by atoms with Crippen LogP contribution in [0.4, 0.5) is 0 Å². The van der Waals surface area contributed by atoms with Crippen LogP contribution >= 0.6 is 11.6 Å². The fourth-order valence-corrected chi connectivity index (χ4v) is 4.03. The Bertz CT molecular complexity index is 1440. The van der Waals surface area contributed by atoms with Gasteiger partial charge in [0, 0.05) is 28.6 Å². The van der Waals surface area contributed by atoms with E-state index in [0.29, 0.717) is 16.2 Å². The van der Waals surface area contributed by atoms with Crippen LogP contribution in [-0.2, 0) is 16.0 Å². The molecule has 1 aliphatic carbocycles. The molecule has 4 rings (SSSR count). The molecule has 3 aromatic carbocycles. The zero-order chi connectivity index (χ0) is 27.8. The number of halogens is 1. The van der Waals surface area contributed by atoms with Crippen molar-refractivity contribution in [1.29, 1.82) is 5.41 Å². The Morgan fingerprint density at radius 2 is 1.64 bits per heavy atom. The zero-order valence-electron chi connectivity index (χ0n) is 21.1. The van der Waals surface area contributed by atoms with E-state index in [0.717, 1.165) is 35.1 Å². The summed E-state index contributed by atoms with van der Waals surface area (Å²) in [4.78, 5) is 37.2. The molecule has 1 amide bonds. The highest BCUT2D eigenvalue weighted by Gasteiger charge is 2.25. The van der Waals surface area contributed by atoms with Crippen LogP contribution in [0.1, 0.15) is 45.5 Å². The molecule has 4 N–H and O–H groups in total. The number of rotatable bonds is 12. The number of Topliss-reactive ketones (excluding diaryl/α,β-unsaturated/α-hetero) is 1. The summed E-state index contributed by atoms with van der Waals surface area (Å²) in [5, 5.41) is 20.4. The highest BCUT2D eigenvalue weighted by molar-refractivity contribution is 6.43. The predicted molar refractivity (Wildman–Crippen MR) is 153 cm³/mol. The largest absolute Gasteiger partial charge is 0.349 e. The molecule has 1 saturated carbocycles. The van der Waals surface area contributed by atoms with E-state index in [1.54, 1.807) is 42.5 Å². The summed E-state index contributed by atoms with van der Waals surface area (Å²) in [6.45, 7) is -0.186. The Hall–Kier alpha value is -4.17. The fourth-order valence-electron chi connectivity index (χ4n) is 3.84. The van der Waals surface area contributed by atoms with Gasteiger partial charge in [0.25, 0.3) is 5.91 Å². The fraction of sp³-hybridized carbons (Fsp3) is 0.161. The first-order chi connectivity index (χ1) is 18.8. The molecule has 1 aliphatic rings. The van der Waals surface area contributed by atoms with E-state index in [2.05, 4.69) is 5.32 Å². The van der Waals surface area contributed by atoms with Gasteiger partial charge in [-0.25, -0.2) is 0 Å². The van der Waals surface area contributed by atoms with E-state index in [4.69, 9.17) is 22.2 Å². The molecular weight excluding hydrogens is 514 g/mol. The second-order valence-electron chi connectivity index (χ2n) is 9.29. The minimum absolute atomic E-state index is 0.0743. The maximum Gasteiger partial charge on any atom is 0.252 e. The molecule has 198 valence electrons. The van der Waals surface area contributed by atoms with E-state index in [9.17, 15) is 14.4 Å². The highest BCUT2D eigenvalue weighted by Crippen LogP contribution is 2.25. The second kappa shape index (κ2) is 13.1. The summed E-state index contributed by atoms with van der Waals surface area (Å²) in [6, 6.07) is 21.4. The SMILES string of the molecule is N=C(Cc1ccc(C(=O)CNO)cc1)C(=O)/C=C/c1ccc(/C=C(/C(=O)NC2CC2)c2cccc(Cl)c2)cc1. The molecule has 0 aromatic heterocycles. The van der Waals surface area contributed by atoms with Gasteiger partial charge in [0.15, 0.2) is 11.6 Å². The summed E-state index contributed by atoms with van der Waals surface area (Å²) in [5.74, 6) is -0.818. The van der Waals surface area contributed by atoms with Gasteiger partial charge in [-0.2, -0.15) is 5.48 Å². The smallest absolute Gasteiger partial charge is 0.252 e. The number of hydrogen-bond donors (Lipinski definition) is 4. The van der Waals surface area contributed by atoms with Crippen molar-refractivity contribution in [2.24, 2.45) is 0 Å². The third-order valence-electron chi connectivity index (χ3n) is 6.16. The van der Waals surface area contributed by atoms with Crippen molar-refractivity contribution in [1.82, 2.24) is 10.8 Å². The van der Waals surface area contributed by atoms with Gasteiger partial charge in [0.05, 0.1) is 12.3 Å². The lowest BCUT2D eigenvalue weighted by Gasteiger charge is -2.10. The standard InChI is InChI=1S/C31H28ClN3O4/c32-25-3-1-2-24(18-25)27(31(38)35-26-13-14-26)16-21-6-4-20(5-7-21)10-15-29(36)28(33)17-22-8-11-23(12-9-22)30(37)19-34-39/h1-12,15-16,18,26,33-34,39H,13-14,17,19H2,(H,35,38)/b15-10+,27-16+,33-28?. The Kier molecular flexibility index (Phi) is 9.33. The summed E-state index contributed by atoms with van der Waals surface area (Å²) < 4.78 is 0. The number of carbonyl (C=O) groups is 3. The van der Waals surface area contributed by atoms with E-state index in [1.807, 2.05) is 48.0 Å². The van der Waals surface area contributed by atoms with Gasteiger partial charge in [-0.05, 0) is 59.4 Å². The average molecular weight is 542 g/mol. The van der Waals surface area contributed by atoms with Crippen LogP contribution in [0.3, 0.4) is 0 Å². The Labute approximate surface area is 231 Å². The van der Waals surface area contributed by atoms with Gasteiger partial charge >= 0.3 is 0 Å². The van der Waals surface area contributed by atoms with Crippen molar-refractivity contribution in [3.05, 3.63) is 112 Å². The second-order valence-corrected chi connectivity index (χ2v) is 9.73. The number of carbonyl (C=O) groups excluding carboxylic acids is 3. The van der Waals surface area contributed by atoms with Gasteiger partial charge in [-0.3, -0.25) is 14.4 Å². The van der Waals surface area contributed by atoms with E-state index >= 15 is 0 Å². The lowest BCUT2D eigenvalue weighted by Crippen LogP contribution is -2.26. The maximum absolute atomic E-state index is 12.9. The lowest BCUT2D eigenvalue weighted by atomic mass is 10.0. The molecule has 8 heteroatoms. The predicted octanol–water partition coefficient (Wildman–Crippen LogP) is 5.17. The number of nitrogens with one attached hydrogen (secondary N) is 3. The Morgan fingerprint density at radius 1 is 0.949 bits per heavy atom. The van der Waals surface area contributed by atoms with Gasteiger partial charge in [-0.1, -0.05) is 78.3 Å². The van der Waals surface area contributed by atoms with Crippen LogP contribution < -0.4 is 10.8 Å². The molecule has 0 aliphatic heterocycles. The van der Waals surface area contributed by atoms with E-state index < -0.39 is 5.78 Å². The minimum Gasteiger partial charge on any atom is -0.349 e. The van der Waals surface area contributed by atoms with E-state index in [-0.39, 0.29) is 36.4 Å². The third kappa shape index (κ3) is 8.15. The normalized spacial score (nSPS) is 13.3. The number of amides is 1. The number of ketones is 2. The summed E-state index contributed by atoms with van der Waals surface area (Å²) in [5.41, 5.74) is 5.77. The summed E-state index contributed by atoms with van der Waals surface area (Å²) in [7, 11) is 0. The molecule has 0 bridgehead atoms. The summed E-state index contributed by atoms with van der Waals surface area (Å²) in [6.07, 6.45) is 6.93. The van der Waals surface area contributed by atoms with Crippen molar-refractivity contribution < 1.29 is 19.6 Å². The van der Waals surface area contributed by atoms with Crippen molar-refractivity contribution >= 4 is 52.5 Å². The van der Waals surface area contributed by atoms with Crippen LogP contribution in [-0.4, -0.2) is 41.0 Å². The monoisotopic (exact) mass is 541 g/mol. The zero-order valence-corrected chi connectivity index (χ0v) is 21.9. The quantitative estimate of drug-likeness (QED) is 0.0829. The van der Waals surface area contributed by atoms with Crippen LogP contribution in [0, 0.1) is 5.41 Å². The highest BCUT2D eigenvalue weighted by atomic mass is 35.5. The lowest BCUT2D eigenvalue weighted by molar-refractivity contribution is -0.115. The van der Waals surface area contributed by atoms with Gasteiger partial charge in [-0.15, -0.1) is 0 Å². The van der Waals surface area contributed by atoms with Crippen molar-refractivity contribution in [3.63, 3.8) is 0 Å². The topological polar surface area (TPSA) is 119 Å². The maximum atomic E-state index is 12.9. The van der Waals surface area contributed by atoms with Crippen LogP contribution in [0.25, 0.3) is 17.7 Å².